The first-order chi connectivity index (χ1) is 12.9. The number of rotatable bonds is 4. The van der Waals surface area contributed by atoms with E-state index in [4.69, 9.17) is 25.8 Å². The van der Waals surface area contributed by atoms with E-state index in [9.17, 15) is 9.59 Å². The summed E-state index contributed by atoms with van der Waals surface area (Å²) in [4.78, 5) is 26.2. The topological polar surface area (TPSA) is 65.1 Å². The van der Waals surface area contributed by atoms with Crippen LogP contribution < -0.4 is 14.4 Å². The zero-order valence-corrected chi connectivity index (χ0v) is 16.1. The van der Waals surface area contributed by atoms with Crippen molar-refractivity contribution < 1.29 is 23.8 Å². The van der Waals surface area contributed by atoms with Crippen molar-refractivity contribution in [3.05, 3.63) is 52.5 Å². The van der Waals surface area contributed by atoms with Crippen LogP contribution in [0.2, 0.25) is 5.02 Å². The third kappa shape index (κ3) is 4.01. The second kappa shape index (κ2) is 7.88. The Morgan fingerprint density at radius 2 is 1.89 bits per heavy atom. The Labute approximate surface area is 162 Å². The van der Waals surface area contributed by atoms with Crippen LogP contribution in [0.25, 0.3) is 0 Å². The molecule has 27 heavy (non-hydrogen) atoms. The van der Waals surface area contributed by atoms with Gasteiger partial charge in [0.25, 0.3) is 5.91 Å². The molecule has 0 saturated heterocycles. The summed E-state index contributed by atoms with van der Waals surface area (Å²) in [6.45, 7) is 3.64. The first-order valence-electron chi connectivity index (χ1n) is 8.44. The number of hydrogen-bond donors (Lipinski definition) is 0. The molecule has 1 amide bonds. The third-order valence-electron chi connectivity index (χ3n) is 4.31. The molecular formula is C20H20ClNO5. The van der Waals surface area contributed by atoms with E-state index in [1.54, 1.807) is 36.4 Å². The van der Waals surface area contributed by atoms with E-state index in [-0.39, 0.29) is 19.1 Å². The lowest BCUT2D eigenvalue weighted by atomic mass is 10.1. The standard InChI is InChI=1S/C20H20ClNO5/c1-12-8-14(9-13(2)19(12)21)26-11-18(23)22-10-17(20(24)25-3)27-16-7-5-4-6-15(16)22/h4-9,17H,10-11H2,1-3H3/t17-/m0/s1. The number of benzene rings is 2. The number of hydrogen-bond acceptors (Lipinski definition) is 5. The second-order valence-electron chi connectivity index (χ2n) is 6.26. The molecule has 0 N–H and O–H groups in total. The molecule has 0 bridgehead atoms. The maximum absolute atomic E-state index is 12.8. The van der Waals surface area contributed by atoms with Gasteiger partial charge in [0.2, 0.25) is 6.10 Å². The van der Waals surface area contributed by atoms with Gasteiger partial charge in [0.1, 0.15) is 11.5 Å². The number of anilines is 1. The lowest BCUT2D eigenvalue weighted by molar-refractivity contribution is -0.148. The molecule has 2 aromatic carbocycles. The van der Waals surface area contributed by atoms with Crippen LogP contribution in [0.1, 0.15) is 11.1 Å². The number of nitrogens with zero attached hydrogens (tertiary/aromatic N) is 1. The minimum atomic E-state index is -0.881. The fraction of sp³-hybridized carbons (Fsp3) is 0.300. The molecule has 1 atom stereocenters. The highest BCUT2D eigenvalue weighted by molar-refractivity contribution is 6.32. The molecule has 0 aromatic heterocycles. The Balaban J connectivity index is 1.78. The van der Waals surface area contributed by atoms with E-state index >= 15 is 0 Å². The maximum Gasteiger partial charge on any atom is 0.348 e. The summed E-state index contributed by atoms with van der Waals surface area (Å²) in [5.74, 6) is 0.191. The highest BCUT2D eigenvalue weighted by Crippen LogP contribution is 2.33. The summed E-state index contributed by atoms with van der Waals surface area (Å²) < 4.78 is 16.1. The molecule has 3 rings (SSSR count). The minimum absolute atomic E-state index is 0.0601. The quantitative estimate of drug-likeness (QED) is 0.751. The molecule has 0 saturated carbocycles. The predicted octanol–water partition coefficient (Wildman–Crippen LogP) is 3.30. The van der Waals surface area contributed by atoms with E-state index in [1.165, 1.54) is 12.0 Å². The largest absolute Gasteiger partial charge is 0.484 e. The van der Waals surface area contributed by atoms with Crippen molar-refractivity contribution in [3.63, 3.8) is 0 Å². The molecule has 142 valence electrons. The lowest BCUT2D eigenvalue weighted by Gasteiger charge is -2.33. The summed E-state index contributed by atoms with van der Waals surface area (Å²) in [6, 6.07) is 10.6. The van der Waals surface area contributed by atoms with Crippen molar-refractivity contribution in [2.75, 3.05) is 25.2 Å². The smallest absolute Gasteiger partial charge is 0.348 e. The van der Waals surface area contributed by atoms with Crippen molar-refractivity contribution in [2.24, 2.45) is 0 Å². The number of esters is 1. The first-order valence-corrected chi connectivity index (χ1v) is 8.82. The summed E-state index contributed by atoms with van der Waals surface area (Å²) >= 11 is 6.16. The van der Waals surface area contributed by atoms with Crippen LogP contribution in [0.15, 0.2) is 36.4 Å². The van der Waals surface area contributed by atoms with Crippen molar-refractivity contribution in [1.29, 1.82) is 0 Å². The number of aryl methyl sites for hydroxylation is 2. The van der Waals surface area contributed by atoms with Gasteiger partial charge in [-0.3, -0.25) is 4.79 Å². The monoisotopic (exact) mass is 389 g/mol. The molecule has 6 nitrogen and oxygen atoms in total. The molecule has 0 fully saturated rings. The van der Waals surface area contributed by atoms with Crippen molar-refractivity contribution in [1.82, 2.24) is 0 Å². The van der Waals surface area contributed by atoms with Crippen molar-refractivity contribution in [3.8, 4) is 11.5 Å². The molecule has 2 aromatic rings. The average Bonchev–Trinajstić information content (AvgIpc) is 2.68. The molecule has 0 unspecified atom stereocenters. The van der Waals surface area contributed by atoms with Gasteiger partial charge in [0, 0.05) is 5.02 Å². The fourth-order valence-electron chi connectivity index (χ4n) is 2.94. The van der Waals surface area contributed by atoms with Gasteiger partial charge in [-0.05, 0) is 49.2 Å². The van der Waals surface area contributed by atoms with Gasteiger partial charge in [0.15, 0.2) is 6.61 Å². The van der Waals surface area contributed by atoms with Gasteiger partial charge in [-0.1, -0.05) is 23.7 Å². The van der Waals surface area contributed by atoms with Crippen LogP contribution in [0.4, 0.5) is 5.69 Å². The molecule has 0 aliphatic carbocycles. The van der Waals surface area contributed by atoms with Gasteiger partial charge in [-0.25, -0.2) is 4.79 Å². The zero-order chi connectivity index (χ0) is 19.6. The van der Waals surface area contributed by atoms with Crippen LogP contribution >= 0.6 is 11.6 Å². The van der Waals surface area contributed by atoms with E-state index in [1.807, 2.05) is 13.8 Å². The summed E-state index contributed by atoms with van der Waals surface area (Å²) in [5, 5.41) is 0.678. The van der Waals surface area contributed by atoms with Gasteiger partial charge < -0.3 is 19.1 Å². The molecule has 1 heterocycles. The molecule has 1 aliphatic rings. The number of carbonyl (C=O) groups is 2. The first kappa shape index (κ1) is 19.0. The zero-order valence-electron chi connectivity index (χ0n) is 15.3. The van der Waals surface area contributed by atoms with Crippen LogP contribution in [-0.2, 0) is 14.3 Å². The molecule has 0 radical (unpaired) electrons. The Kier molecular flexibility index (Phi) is 5.56. The van der Waals surface area contributed by atoms with Gasteiger partial charge >= 0.3 is 5.97 Å². The number of ether oxygens (including phenoxy) is 3. The third-order valence-corrected chi connectivity index (χ3v) is 4.91. The highest BCUT2D eigenvalue weighted by Gasteiger charge is 2.34. The second-order valence-corrected chi connectivity index (χ2v) is 6.64. The number of carbonyl (C=O) groups excluding carboxylic acids is 2. The highest BCUT2D eigenvalue weighted by atomic mass is 35.5. The maximum atomic E-state index is 12.8. The SMILES string of the molecule is COC(=O)[C@@H]1CN(C(=O)COc2cc(C)c(Cl)c(C)c2)c2ccccc2O1. The number of para-hydroxylation sites is 2. The molecular weight excluding hydrogens is 370 g/mol. The van der Waals surface area contributed by atoms with Crippen LogP contribution in [0.5, 0.6) is 11.5 Å². The summed E-state index contributed by atoms with van der Waals surface area (Å²) in [6.07, 6.45) is -0.881. The normalized spacial score (nSPS) is 15.6. The van der Waals surface area contributed by atoms with Gasteiger partial charge in [0.05, 0.1) is 19.3 Å². The van der Waals surface area contributed by atoms with Crippen molar-refractivity contribution >= 4 is 29.2 Å². The molecule has 1 aliphatic heterocycles. The van der Waals surface area contributed by atoms with E-state index in [0.717, 1.165) is 11.1 Å². The Morgan fingerprint density at radius 1 is 1.22 bits per heavy atom. The van der Waals surface area contributed by atoms with E-state index in [0.29, 0.717) is 22.2 Å². The van der Waals surface area contributed by atoms with Gasteiger partial charge in [-0.2, -0.15) is 0 Å². The number of halogens is 1. The lowest BCUT2D eigenvalue weighted by Crippen LogP contribution is -2.48. The Hall–Kier alpha value is -2.73. The minimum Gasteiger partial charge on any atom is -0.484 e. The van der Waals surface area contributed by atoms with Crippen LogP contribution in [-0.4, -0.2) is 38.2 Å². The number of methoxy groups -OCH3 is 1. The predicted molar refractivity (Wildman–Crippen MR) is 102 cm³/mol. The van der Waals surface area contributed by atoms with E-state index in [2.05, 4.69) is 0 Å². The fourth-order valence-corrected chi connectivity index (χ4v) is 3.05. The van der Waals surface area contributed by atoms with Crippen LogP contribution in [0.3, 0.4) is 0 Å². The van der Waals surface area contributed by atoms with Crippen molar-refractivity contribution in [2.45, 2.75) is 20.0 Å². The Bertz CT molecular complexity index is 859. The Morgan fingerprint density at radius 3 is 2.56 bits per heavy atom. The van der Waals surface area contributed by atoms with E-state index < -0.39 is 12.1 Å². The number of amides is 1. The average molecular weight is 390 g/mol. The summed E-state index contributed by atoms with van der Waals surface area (Å²) in [7, 11) is 1.28. The van der Waals surface area contributed by atoms with Crippen LogP contribution in [0, 0.1) is 13.8 Å². The summed E-state index contributed by atoms with van der Waals surface area (Å²) in [5.41, 5.74) is 2.35. The molecule has 0 spiro atoms. The van der Waals surface area contributed by atoms with Gasteiger partial charge in [-0.15, -0.1) is 0 Å². The number of fused-ring (bicyclic) bond motifs is 1. The molecule has 7 heteroatoms.